The minimum absolute atomic E-state index is 0.106. The van der Waals surface area contributed by atoms with Crippen molar-refractivity contribution >= 4 is 22.5 Å². The molecule has 0 amide bonds. The van der Waals surface area contributed by atoms with E-state index in [1.807, 2.05) is 37.3 Å². The molecule has 0 aromatic heterocycles. The normalized spacial score (nSPS) is 11.4. The highest BCUT2D eigenvalue weighted by Crippen LogP contribution is 2.18. The maximum Gasteiger partial charge on any atom is 0.341 e. The number of ether oxygens (including phenoxy) is 1. The zero-order valence-electron chi connectivity index (χ0n) is 12.3. The average molecular weight is 282 g/mol. The van der Waals surface area contributed by atoms with E-state index in [9.17, 15) is 9.59 Å². The summed E-state index contributed by atoms with van der Waals surface area (Å²) in [4.78, 5) is 24.4. The molecular weight excluding hydrogens is 264 g/mol. The highest BCUT2D eigenvalue weighted by molar-refractivity contribution is 6.24. The highest BCUT2D eigenvalue weighted by Gasteiger charge is 2.20. The SMILES string of the molecule is CCC=C(C(=O)OCC)C(=O)c1ccc2ccccc2c1. The van der Waals surface area contributed by atoms with Crippen LogP contribution in [-0.2, 0) is 9.53 Å². The molecule has 3 nitrogen and oxygen atoms in total. The summed E-state index contributed by atoms with van der Waals surface area (Å²) < 4.78 is 4.96. The van der Waals surface area contributed by atoms with Crippen LogP contribution in [0.2, 0.25) is 0 Å². The molecule has 0 unspecified atom stereocenters. The predicted molar refractivity (Wildman–Crippen MR) is 83.3 cm³/mol. The van der Waals surface area contributed by atoms with Gasteiger partial charge in [-0.15, -0.1) is 0 Å². The Morgan fingerprint density at radius 1 is 1.05 bits per heavy atom. The van der Waals surface area contributed by atoms with Crippen LogP contribution in [0.5, 0.6) is 0 Å². The first-order chi connectivity index (χ1) is 10.2. The highest BCUT2D eigenvalue weighted by atomic mass is 16.5. The Morgan fingerprint density at radius 2 is 1.76 bits per heavy atom. The van der Waals surface area contributed by atoms with E-state index in [1.54, 1.807) is 25.1 Å². The van der Waals surface area contributed by atoms with Crippen molar-refractivity contribution in [2.24, 2.45) is 0 Å². The van der Waals surface area contributed by atoms with Crippen LogP contribution >= 0.6 is 0 Å². The summed E-state index contributed by atoms with van der Waals surface area (Å²) in [6.07, 6.45) is 2.23. The minimum atomic E-state index is -0.558. The second kappa shape index (κ2) is 6.84. The summed E-state index contributed by atoms with van der Waals surface area (Å²) in [7, 11) is 0. The summed E-state index contributed by atoms with van der Waals surface area (Å²) in [5.74, 6) is -0.849. The molecule has 0 N–H and O–H groups in total. The third-order valence-electron chi connectivity index (χ3n) is 3.16. The fourth-order valence-corrected chi connectivity index (χ4v) is 2.17. The number of allylic oxidation sites excluding steroid dienone is 1. The van der Waals surface area contributed by atoms with Gasteiger partial charge in [0.1, 0.15) is 5.57 Å². The van der Waals surface area contributed by atoms with Gasteiger partial charge < -0.3 is 4.74 Å². The maximum atomic E-state index is 12.5. The van der Waals surface area contributed by atoms with E-state index < -0.39 is 5.97 Å². The van der Waals surface area contributed by atoms with Crippen molar-refractivity contribution in [1.82, 2.24) is 0 Å². The van der Waals surface area contributed by atoms with Gasteiger partial charge in [-0.2, -0.15) is 0 Å². The second-order valence-corrected chi connectivity index (χ2v) is 4.64. The fourth-order valence-electron chi connectivity index (χ4n) is 2.17. The number of benzene rings is 2. The first-order valence-corrected chi connectivity index (χ1v) is 7.08. The van der Waals surface area contributed by atoms with E-state index in [0.29, 0.717) is 12.0 Å². The standard InChI is InChI=1S/C18H18O3/c1-3-7-16(18(20)21-4-2)17(19)15-11-10-13-8-5-6-9-14(13)12-15/h5-12H,3-4H2,1-2H3. The molecule has 0 saturated heterocycles. The number of carbonyl (C=O) groups excluding carboxylic acids is 2. The summed E-state index contributed by atoms with van der Waals surface area (Å²) in [6, 6.07) is 13.2. The van der Waals surface area contributed by atoms with Gasteiger partial charge in [0.25, 0.3) is 0 Å². The molecule has 0 aliphatic carbocycles. The molecule has 0 aliphatic rings. The molecule has 0 saturated carbocycles. The van der Waals surface area contributed by atoms with Gasteiger partial charge >= 0.3 is 5.97 Å². The molecule has 0 heterocycles. The largest absolute Gasteiger partial charge is 0.462 e. The van der Waals surface area contributed by atoms with E-state index >= 15 is 0 Å². The first-order valence-electron chi connectivity index (χ1n) is 7.08. The van der Waals surface area contributed by atoms with Gasteiger partial charge in [0.2, 0.25) is 0 Å². The Labute approximate surface area is 124 Å². The Kier molecular flexibility index (Phi) is 4.88. The number of Topliss-reactive ketones (excluding diaryl/α,β-unsaturated/α-hetero) is 1. The molecule has 0 atom stereocenters. The lowest BCUT2D eigenvalue weighted by Crippen LogP contribution is -2.16. The van der Waals surface area contributed by atoms with Crippen LogP contribution in [0.25, 0.3) is 10.8 Å². The number of hydrogen-bond acceptors (Lipinski definition) is 3. The van der Waals surface area contributed by atoms with Crippen LogP contribution in [0.4, 0.5) is 0 Å². The number of hydrogen-bond donors (Lipinski definition) is 0. The van der Waals surface area contributed by atoms with Gasteiger partial charge in [0.15, 0.2) is 5.78 Å². The van der Waals surface area contributed by atoms with Crippen LogP contribution in [0.3, 0.4) is 0 Å². The molecule has 2 aromatic rings. The molecule has 0 aliphatic heterocycles. The van der Waals surface area contributed by atoms with Crippen LogP contribution in [0, 0.1) is 0 Å². The molecule has 3 heteroatoms. The van der Waals surface area contributed by atoms with Crippen molar-refractivity contribution in [3.63, 3.8) is 0 Å². The molecule has 0 radical (unpaired) electrons. The van der Waals surface area contributed by atoms with Crippen molar-refractivity contribution in [2.75, 3.05) is 6.61 Å². The van der Waals surface area contributed by atoms with Gasteiger partial charge in [-0.05, 0) is 30.2 Å². The second-order valence-electron chi connectivity index (χ2n) is 4.64. The number of carbonyl (C=O) groups is 2. The van der Waals surface area contributed by atoms with E-state index in [-0.39, 0.29) is 18.0 Å². The Morgan fingerprint density at radius 3 is 2.43 bits per heavy atom. The quantitative estimate of drug-likeness (QED) is 0.274. The zero-order valence-corrected chi connectivity index (χ0v) is 12.3. The molecule has 108 valence electrons. The molecule has 0 spiro atoms. The fraction of sp³-hybridized carbons (Fsp3) is 0.222. The lowest BCUT2D eigenvalue weighted by molar-refractivity contribution is -0.138. The lowest BCUT2D eigenvalue weighted by atomic mass is 9.99. The zero-order chi connectivity index (χ0) is 15.2. The van der Waals surface area contributed by atoms with E-state index in [1.165, 1.54) is 0 Å². The molecule has 2 aromatic carbocycles. The number of ketones is 1. The number of fused-ring (bicyclic) bond motifs is 1. The number of rotatable bonds is 5. The third-order valence-corrected chi connectivity index (χ3v) is 3.16. The smallest absolute Gasteiger partial charge is 0.341 e. The van der Waals surface area contributed by atoms with E-state index in [4.69, 9.17) is 4.74 Å². The molecule has 21 heavy (non-hydrogen) atoms. The van der Waals surface area contributed by atoms with Gasteiger partial charge in [0, 0.05) is 5.56 Å². The monoisotopic (exact) mass is 282 g/mol. The van der Waals surface area contributed by atoms with E-state index in [0.717, 1.165) is 10.8 Å². The summed E-state index contributed by atoms with van der Waals surface area (Å²) in [5.41, 5.74) is 0.607. The molecule has 0 fully saturated rings. The van der Waals surface area contributed by atoms with Crippen molar-refractivity contribution < 1.29 is 14.3 Å². The Hall–Kier alpha value is -2.42. The van der Waals surface area contributed by atoms with Crippen molar-refractivity contribution in [1.29, 1.82) is 0 Å². The molecular formula is C18H18O3. The van der Waals surface area contributed by atoms with Crippen LogP contribution in [0.1, 0.15) is 30.6 Å². The predicted octanol–water partition coefficient (Wildman–Crippen LogP) is 3.92. The molecule has 0 bridgehead atoms. The van der Waals surface area contributed by atoms with Crippen LogP contribution in [0.15, 0.2) is 54.1 Å². The summed E-state index contributed by atoms with van der Waals surface area (Å²) in [6.45, 7) is 3.86. The average Bonchev–Trinajstić information content (AvgIpc) is 2.51. The molecule has 2 rings (SSSR count). The van der Waals surface area contributed by atoms with Crippen molar-refractivity contribution in [2.45, 2.75) is 20.3 Å². The van der Waals surface area contributed by atoms with Crippen molar-refractivity contribution in [3.05, 3.63) is 59.7 Å². The Bertz CT molecular complexity index is 698. The van der Waals surface area contributed by atoms with Crippen LogP contribution < -0.4 is 0 Å². The first kappa shape index (κ1) is 15.0. The minimum Gasteiger partial charge on any atom is -0.462 e. The van der Waals surface area contributed by atoms with E-state index in [2.05, 4.69) is 0 Å². The maximum absolute atomic E-state index is 12.5. The Balaban J connectivity index is 2.39. The third kappa shape index (κ3) is 3.37. The van der Waals surface area contributed by atoms with Crippen LogP contribution in [-0.4, -0.2) is 18.4 Å². The van der Waals surface area contributed by atoms with Gasteiger partial charge in [-0.25, -0.2) is 4.79 Å². The van der Waals surface area contributed by atoms with Gasteiger partial charge in [-0.3, -0.25) is 4.79 Å². The summed E-state index contributed by atoms with van der Waals surface area (Å²) in [5, 5.41) is 2.04. The van der Waals surface area contributed by atoms with Crippen molar-refractivity contribution in [3.8, 4) is 0 Å². The van der Waals surface area contributed by atoms with Gasteiger partial charge in [-0.1, -0.05) is 49.4 Å². The lowest BCUT2D eigenvalue weighted by Gasteiger charge is -2.07. The topological polar surface area (TPSA) is 43.4 Å². The van der Waals surface area contributed by atoms with Gasteiger partial charge in [0.05, 0.1) is 6.61 Å². The number of esters is 1. The summed E-state index contributed by atoms with van der Waals surface area (Å²) >= 11 is 0.